The van der Waals surface area contributed by atoms with Crippen LogP contribution in [-0.4, -0.2) is 4.57 Å². The lowest BCUT2D eigenvalue weighted by atomic mass is 10.1. The molecule has 0 N–H and O–H groups in total. The molecule has 0 unspecified atom stereocenters. The Bertz CT molecular complexity index is 793. The zero-order valence-corrected chi connectivity index (χ0v) is 10.7. The summed E-state index contributed by atoms with van der Waals surface area (Å²) in [5.41, 5.74) is 1.61. The van der Waals surface area contributed by atoms with Gasteiger partial charge in [0.15, 0.2) is 0 Å². The van der Waals surface area contributed by atoms with E-state index < -0.39 is 0 Å². The Hall–Kier alpha value is -2.03. The topological polar surface area (TPSA) is 35.1 Å². The maximum atomic E-state index is 12.3. The summed E-state index contributed by atoms with van der Waals surface area (Å²) in [6.45, 7) is 4.12. The number of nitrogens with zero attached hydrogens (tertiary/aromatic N) is 1. The van der Waals surface area contributed by atoms with Gasteiger partial charge in [-0.1, -0.05) is 26.0 Å². The number of para-hydroxylation sites is 1. The summed E-state index contributed by atoms with van der Waals surface area (Å²) in [6, 6.07) is 9.69. The first-order valence-electron chi connectivity index (χ1n) is 6.10. The van der Waals surface area contributed by atoms with Gasteiger partial charge in [-0.25, -0.2) is 0 Å². The Morgan fingerprint density at radius 2 is 1.89 bits per heavy atom. The summed E-state index contributed by atoms with van der Waals surface area (Å²) in [7, 11) is 1.80. The van der Waals surface area contributed by atoms with Crippen LogP contribution in [-0.2, 0) is 7.05 Å². The normalized spacial score (nSPS) is 11.8. The molecule has 3 heteroatoms. The molecule has 0 saturated carbocycles. The molecule has 3 aromatic rings. The van der Waals surface area contributed by atoms with E-state index in [9.17, 15) is 4.79 Å². The molecule has 0 aliphatic heterocycles. The van der Waals surface area contributed by atoms with Gasteiger partial charge in [0.05, 0.1) is 10.9 Å². The van der Waals surface area contributed by atoms with E-state index in [4.69, 9.17) is 4.42 Å². The molecule has 0 fully saturated rings. The lowest BCUT2D eigenvalue weighted by molar-refractivity contribution is 0.523. The molecule has 0 aliphatic carbocycles. The second-order valence-corrected chi connectivity index (χ2v) is 4.93. The quantitative estimate of drug-likeness (QED) is 0.654. The molecular weight excluding hydrogens is 226 g/mol. The number of aromatic nitrogens is 1. The van der Waals surface area contributed by atoms with E-state index in [0.717, 1.165) is 16.7 Å². The maximum Gasteiger partial charge on any atom is 0.261 e. The third-order valence-electron chi connectivity index (χ3n) is 3.37. The van der Waals surface area contributed by atoms with E-state index in [-0.39, 0.29) is 11.5 Å². The van der Waals surface area contributed by atoms with E-state index in [1.54, 1.807) is 11.6 Å². The molecular formula is C15H15NO2. The summed E-state index contributed by atoms with van der Waals surface area (Å²) in [6.07, 6.45) is 0. The van der Waals surface area contributed by atoms with Gasteiger partial charge < -0.3 is 8.98 Å². The third-order valence-corrected chi connectivity index (χ3v) is 3.37. The van der Waals surface area contributed by atoms with E-state index >= 15 is 0 Å². The molecule has 18 heavy (non-hydrogen) atoms. The fourth-order valence-electron chi connectivity index (χ4n) is 2.30. The Kier molecular flexibility index (Phi) is 2.30. The number of furan rings is 1. The Labute approximate surface area is 105 Å². The van der Waals surface area contributed by atoms with Crippen LogP contribution < -0.4 is 5.56 Å². The van der Waals surface area contributed by atoms with Gasteiger partial charge in [0.2, 0.25) is 0 Å². The van der Waals surface area contributed by atoms with Gasteiger partial charge >= 0.3 is 0 Å². The number of rotatable bonds is 1. The molecule has 0 radical (unpaired) electrons. The molecule has 2 heterocycles. The summed E-state index contributed by atoms with van der Waals surface area (Å²) < 4.78 is 7.54. The fourth-order valence-corrected chi connectivity index (χ4v) is 2.30. The van der Waals surface area contributed by atoms with E-state index in [0.29, 0.717) is 11.0 Å². The van der Waals surface area contributed by atoms with Crippen molar-refractivity contribution in [3.05, 3.63) is 46.4 Å². The van der Waals surface area contributed by atoms with Crippen LogP contribution in [0, 0.1) is 0 Å². The number of fused-ring (bicyclic) bond motifs is 3. The highest BCUT2D eigenvalue weighted by Crippen LogP contribution is 2.28. The largest absolute Gasteiger partial charge is 0.460 e. The van der Waals surface area contributed by atoms with Crippen LogP contribution in [0.5, 0.6) is 0 Å². The minimum absolute atomic E-state index is 0.000602. The summed E-state index contributed by atoms with van der Waals surface area (Å²) in [5, 5.41) is 1.65. The Morgan fingerprint density at radius 3 is 2.61 bits per heavy atom. The molecule has 0 saturated heterocycles. The van der Waals surface area contributed by atoms with Crippen LogP contribution >= 0.6 is 0 Å². The van der Waals surface area contributed by atoms with E-state index in [1.165, 1.54) is 0 Å². The SMILES string of the molecule is CC(C)c1cc2c(=O)n(C)c3ccccc3c2o1. The molecule has 0 atom stereocenters. The van der Waals surface area contributed by atoms with Crippen molar-refractivity contribution < 1.29 is 4.42 Å². The van der Waals surface area contributed by atoms with Crippen molar-refractivity contribution in [2.45, 2.75) is 19.8 Å². The Morgan fingerprint density at radius 1 is 1.17 bits per heavy atom. The first-order valence-corrected chi connectivity index (χ1v) is 6.10. The predicted molar refractivity (Wildman–Crippen MR) is 73.1 cm³/mol. The van der Waals surface area contributed by atoms with Gasteiger partial charge in [0.1, 0.15) is 11.3 Å². The average Bonchev–Trinajstić information content (AvgIpc) is 2.81. The van der Waals surface area contributed by atoms with Crippen LogP contribution in [0.15, 0.2) is 39.5 Å². The van der Waals surface area contributed by atoms with Crippen LogP contribution in [0.25, 0.3) is 21.9 Å². The van der Waals surface area contributed by atoms with Gasteiger partial charge in [-0.3, -0.25) is 4.79 Å². The van der Waals surface area contributed by atoms with Gasteiger partial charge in [-0.05, 0) is 18.2 Å². The van der Waals surface area contributed by atoms with Gasteiger partial charge in [0.25, 0.3) is 5.56 Å². The second-order valence-electron chi connectivity index (χ2n) is 4.93. The minimum atomic E-state index is -0.000602. The molecule has 2 aromatic heterocycles. The van der Waals surface area contributed by atoms with Crippen molar-refractivity contribution in [3.8, 4) is 0 Å². The highest BCUT2D eigenvalue weighted by molar-refractivity contribution is 6.02. The van der Waals surface area contributed by atoms with Crippen molar-refractivity contribution in [2.75, 3.05) is 0 Å². The highest BCUT2D eigenvalue weighted by Gasteiger charge is 2.14. The Balaban J connectivity index is 2.57. The highest BCUT2D eigenvalue weighted by atomic mass is 16.3. The monoisotopic (exact) mass is 241 g/mol. The summed E-state index contributed by atoms with van der Waals surface area (Å²) in [4.78, 5) is 12.3. The van der Waals surface area contributed by atoms with Gasteiger partial charge in [-0.2, -0.15) is 0 Å². The van der Waals surface area contributed by atoms with Crippen LogP contribution in [0.4, 0.5) is 0 Å². The zero-order valence-electron chi connectivity index (χ0n) is 10.7. The van der Waals surface area contributed by atoms with Crippen molar-refractivity contribution in [1.82, 2.24) is 4.57 Å². The van der Waals surface area contributed by atoms with E-state index in [2.05, 4.69) is 13.8 Å². The molecule has 3 nitrogen and oxygen atoms in total. The number of pyridine rings is 1. The lowest BCUT2D eigenvalue weighted by Crippen LogP contribution is -2.16. The van der Waals surface area contributed by atoms with Gasteiger partial charge in [-0.15, -0.1) is 0 Å². The molecule has 0 aliphatic rings. The van der Waals surface area contributed by atoms with Crippen LogP contribution in [0.1, 0.15) is 25.5 Å². The lowest BCUT2D eigenvalue weighted by Gasteiger charge is -2.04. The summed E-state index contributed by atoms with van der Waals surface area (Å²) >= 11 is 0. The standard InChI is InChI=1S/C15H15NO2/c1-9(2)13-8-11-14(18-13)10-6-4-5-7-12(10)16(3)15(11)17/h4-9H,1-3H3. The maximum absolute atomic E-state index is 12.3. The van der Waals surface area contributed by atoms with Crippen molar-refractivity contribution >= 4 is 21.9 Å². The van der Waals surface area contributed by atoms with Crippen molar-refractivity contribution in [1.29, 1.82) is 0 Å². The second kappa shape index (κ2) is 3.73. The fraction of sp³-hybridized carbons (Fsp3) is 0.267. The predicted octanol–water partition coefficient (Wildman–Crippen LogP) is 3.41. The zero-order chi connectivity index (χ0) is 12.9. The number of hydrogen-bond acceptors (Lipinski definition) is 2. The average molecular weight is 241 g/mol. The first-order chi connectivity index (χ1) is 8.59. The van der Waals surface area contributed by atoms with Crippen molar-refractivity contribution in [3.63, 3.8) is 0 Å². The number of benzene rings is 1. The summed E-state index contributed by atoms with van der Waals surface area (Å²) in [5.74, 6) is 1.14. The van der Waals surface area contributed by atoms with Crippen LogP contribution in [0.2, 0.25) is 0 Å². The van der Waals surface area contributed by atoms with Gasteiger partial charge in [0, 0.05) is 18.4 Å². The van der Waals surface area contributed by atoms with E-state index in [1.807, 2.05) is 30.3 Å². The molecule has 3 rings (SSSR count). The number of aryl methyl sites for hydroxylation is 1. The minimum Gasteiger partial charge on any atom is -0.460 e. The van der Waals surface area contributed by atoms with Crippen molar-refractivity contribution in [2.24, 2.45) is 7.05 Å². The van der Waals surface area contributed by atoms with Crippen LogP contribution in [0.3, 0.4) is 0 Å². The molecule has 92 valence electrons. The first kappa shape index (κ1) is 11.1. The molecule has 0 spiro atoms. The molecule has 1 aromatic carbocycles. The molecule has 0 bridgehead atoms. The third kappa shape index (κ3) is 1.40. The number of hydrogen-bond donors (Lipinski definition) is 0. The molecule has 0 amide bonds. The smallest absolute Gasteiger partial charge is 0.261 e.